The number of halogens is 1. The lowest BCUT2D eigenvalue weighted by atomic mass is 10.1. The monoisotopic (exact) mass is 293 g/mol. The normalized spacial score (nSPS) is 14.5. The first kappa shape index (κ1) is 13.0. The summed E-state index contributed by atoms with van der Waals surface area (Å²) in [5, 5.41) is 9.57. The van der Waals surface area contributed by atoms with Gasteiger partial charge < -0.3 is 14.4 Å². The number of ether oxygens (including phenoxy) is 1. The van der Waals surface area contributed by atoms with Gasteiger partial charge in [0.25, 0.3) is 0 Å². The number of rotatable bonds is 2. The van der Waals surface area contributed by atoms with Crippen molar-refractivity contribution in [3.05, 3.63) is 39.1 Å². The number of nitrogens with zero attached hydrogens (tertiary/aromatic N) is 1. The van der Waals surface area contributed by atoms with Gasteiger partial charge in [-0.05, 0) is 37.5 Å². The average molecular weight is 294 g/mol. The number of carboxylic acid groups (broad SMARTS) is 1. The molecule has 0 unspecified atom stereocenters. The van der Waals surface area contributed by atoms with Gasteiger partial charge in [0, 0.05) is 11.1 Å². The molecule has 20 heavy (non-hydrogen) atoms. The maximum Gasteiger partial charge on any atom is 0.511 e. The van der Waals surface area contributed by atoms with E-state index in [4.69, 9.17) is 16.7 Å². The molecule has 0 radical (unpaired) electrons. The van der Waals surface area contributed by atoms with E-state index in [0.717, 1.165) is 23.9 Å². The van der Waals surface area contributed by atoms with Crippen LogP contribution >= 0.6 is 11.6 Å². The van der Waals surface area contributed by atoms with Crippen molar-refractivity contribution >= 4 is 28.7 Å². The number of fused-ring (bicyclic) bond motifs is 1. The summed E-state index contributed by atoms with van der Waals surface area (Å²) in [6.07, 6.45) is 1.99. The zero-order valence-electron chi connectivity index (χ0n) is 10.7. The third kappa shape index (κ3) is 2.14. The van der Waals surface area contributed by atoms with Crippen LogP contribution in [-0.2, 0) is 0 Å². The molecule has 0 bridgehead atoms. The third-order valence-electron chi connectivity index (χ3n) is 3.42. The van der Waals surface area contributed by atoms with Gasteiger partial charge in [-0.25, -0.2) is 4.79 Å². The van der Waals surface area contributed by atoms with E-state index in [2.05, 4.69) is 4.74 Å². The third-order valence-corrected chi connectivity index (χ3v) is 3.82. The Balaban J connectivity index is 2.33. The highest BCUT2D eigenvalue weighted by Crippen LogP contribution is 2.38. The fourth-order valence-corrected chi connectivity index (χ4v) is 2.43. The number of pyridine rings is 1. The molecule has 1 aliphatic carbocycles. The summed E-state index contributed by atoms with van der Waals surface area (Å²) in [7, 11) is 0. The Labute approximate surface area is 119 Å². The summed E-state index contributed by atoms with van der Waals surface area (Å²) in [5.41, 5.74) is 1.18. The fourth-order valence-electron chi connectivity index (χ4n) is 2.27. The second-order valence-corrected chi connectivity index (χ2v) is 5.35. The highest BCUT2D eigenvalue weighted by Gasteiger charge is 2.26. The van der Waals surface area contributed by atoms with Crippen LogP contribution in [0, 0.1) is 6.92 Å². The Bertz CT molecular complexity index is 777. The molecular formula is C14H12ClNO4. The molecule has 1 saturated carbocycles. The molecule has 1 aromatic heterocycles. The Kier molecular flexibility index (Phi) is 2.94. The zero-order valence-corrected chi connectivity index (χ0v) is 11.5. The molecule has 0 amide bonds. The van der Waals surface area contributed by atoms with Crippen LogP contribution in [0.5, 0.6) is 5.75 Å². The van der Waals surface area contributed by atoms with Gasteiger partial charge in [0.2, 0.25) is 5.43 Å². The standard InChI is InChI=1S/C14H12ClNO4/c1-7-4-11-9(5-10(7)15)13(17)12(20-14(18)19)6-16(11)8-2-3-8/h4-6,8H,2-3H2,1H3,(H,18,19). The molecular weight excluding hydrogens is 282 g/mol. The molecule has 0 saturated heterocycles. The van der Waals surface area contributed by atoms with Gasteiger partial charge in [-0.15, -0.1) is 0 Å². The lowest BCUT2D eigenvalue weighted by Crippen LogP contribution is -2.16. The molecule has 104 valence electrons. The Morgan fingerprint density at radius 2 is 2.15 bits per heavy atom. The van der Waals surface area contributed by atoms with Crippen molar-refractivity contribution in [3.8, 4) is 5.75 Å². The molecule has 1 fully saturated rings. The molecule has 5 nitrogen and oxygen atoms in total. The number of benzene rings is 1. The number of carbonyl (C=O) groups is 1. The quantitative estimate of drug-likeness (QED) is 0.862. The molecule has 1 heterocycles. The van der Waals surface area contributed by atoms with E-state index in [1.807, 2.05) is 17.6 Å². The number of hydrogen-bond acceptors (Lipinski definition) is 3. The van der Waals surface area contributed by atoms with Gasteiger partial charge in [0.1, 0.15) is 0 Å². The van der Waals surface area contributed by atoms with Crippen LogP contribution in [0.3, 0.4) is 0 Å². The number of aromatic nitrogens is 1. The summed E-state index contributed by atoms with van der Waals surface area (Å²) in [6, 6.07) is 3.71. The van der Waals surface area contributed by atoms with Gasteiger partial charge in [0.15, 0.2) is 5.75 Å². The minimum Gasteiger partial charge on any atom is -0.449 e. The molecule has 6 heteroatoms. The van der Waals surface area contributed by atoms with Crippen molar-refractivity contribution in [2.75, 3.05) is 0 Å². The van der Waals surface area contributed by atoms with Crippen LogP contribution in [0.4, 0.5) is 4.79 Å². The maximum atomic E-state index is 12.3. The van der Waals surface area contributed by atoms with E-state index in [1.165, 1.54) is 6.20 Å². The van der Waals surface area contributed by atoms with Crippen molar-refractivity contribution in [1.82, 2.24) is 4.57 Å². The summed E-state index contributed by atoms with van der Waals surface area (Å²) in [6.45, 7) is 1.87. The Morgan fingerprint density at radius 3 is 2.75 bits per heavy atom. The lowest BCUT2D eigenvalue weighted by molar-refractivity contribution is 0.143. The van der Waals surface area contributed by atoms with Crippen molar-refractivity contribution in [3.63, 3.8) is 0 Å². The highest BCUT2D eigenvalue weighted by molar-refractivity contribution is 6.32. The second-order valence-electron chi connectivity index (χ2n) is 4.95. The molecule has 1 aliphatic rings. The van der Waals surface area contributed by atoms with E-state index in [0.29, 0.717) is 10.4 Å². The molecule has 0 atom stereocenters. The maximum absolute atomic E-state index is 12.3. The van der Waals surface area contributed by atoms with Crippen LogP contribution in [-0.4, -0.2) is 15.8 Å². The number of hydrogen-bond donors (Lipinski definition) is 1. The van der Waals surface area contributed by atoms with Crippen LogP contribution in [0.15, 0.2) is 23.1 Å². The van der Waals surface area contributed by atoms with Crippen molar-refractivity contribution in [2.24, 2.45) is 0 Å². The van der Waals surface area contributed by atoms with E-state index < -0.39 is 11.6 Å². The van der Waals surface area contributed by atoms with Gasteiger partial charge in [-0.1, -0.05) is 11.6 Å². The van der Waals surface area contributed by atoms with Crippen molar-refractivity contribution < 1.29 is 14.6 Å². The molecule has 0 spiro atoms. The van der Waals surface area contributed by atoms with E-state index in [9.17, 15) is 9.59 Å². The van der Waals surface area contributed by atoms with E-state index in [-0.39, 0.29) is 11.8 Å². The van der Waals surface area contributed by atoms with E-state index in [1.54, 1.807) is 6.07 Å². The smallest absolute Gasteiger partial charge is 0.449 e. The topological polar surface area (TPSA) is 68.5 Å². The average Bonchev–Trinajstić information content (AvgIpc) is 3.19. The summed E-state index contributed by atoms with van der Waals surface area (Å²) >= 11 is 6.06. The van der Waals surface area contributed by atoms with Gasteiger partial charge in [-0.2, -0.15) is 0 Å². The second kappa shape index (κ2) is 4.52. The van der Waals surface area contributed by atoms with Crippen LogP contribution in [0.1, 0.15) is 24.4 Å². The summed E-state index contributed by atoms with van der Waals surface area (Å²) < 4.78 is 6.48. The zero-order chi connectivity index (χ0) is 14.4. The number of aryl methyl sites for hydroxylation is 1. The predicted octanol–water partition coefficient (Wildman–Crippen LogP) is 3.36. The first-order chi connectivity index (χ1) is 9.47. The highest BCUT2D eigenvalue weighted by atomic mass is 35.5. The molecule has 1 aromatic carbocycles. The largest absolute Gasteiger partial charge is 0.511 e. The molecule has 1 N–H and O–H groups in total. The van der Waals surface area contributed by atoms with Gasteiger partial charge in [-0.3, -0.25) is 4.79 Å². The Hall–Kier alpha value is -2.01. The first-order valence-corrected chi connectivity index (χ1v) is 6.61. The van der Waals surface area contributed by atoms with Crippen LogP contribution in [0.2, 0.25) is 5.02 Å². The van der Waals surface area contributed by atoms with Crippen molar-refractivity contribution in [1.29, 1.82) is 0 Å². The fraction of sp³-hybridized carbons (Fsp3) is 0.286. The predicted molar refractivity (Wildman–Crippen MR) is 74.9 cm³/mol. The molecule has 2 aromatic rings. The van der Waals surface area contributed by atoms with E-state index >= 15 is 0 Å². The minimum absolute atomic E-state index is 0.184. The SMILES string of the molecule is Cc1cc2c(cc1Cl)c(=O)c(OC(=O)O)cn2C1CC1. The lowest BCUT2D eigenvalue weighted by Gasteiger charge is -2.13. The van der Waals surface area contributed by atoms with Gasteiger partial charge in [0.05, 0.1) is 17.1 Å². The van der Waals surface area contributed by atoms with Crippen LogP contribution in [0.25, 0.3) is 10.9 Å². The molecule has 3 rings (SSSR count). The minimum atomic E-state index is -1.50. The molecule has 0 aliphatic heterocycles. The summed E-state index contributed by atoms with van der Waals surface area (Å²) in [5.74, 6) is -0.184. The Morgan fingerprint density at radius 1 is 1.45 bits per heavy atom. The van der Waals surface area contributed by atoms with Crippen LogP contribution < -0.4 is 10.2 Å². The van der Waals surface area contributed by atoms with Gasteiger partial charge >= 0.3 is 6.16 Å². The first-order valence-electron chi connectivity index (χ1n) is 6.23. The summed E-state index contributed by atoms with van der Waals surface area (Å²) in [4.78, 5) is 22.9. The van der Waals surface area contributed by atoms with Crippen molar-refractivity contribution in [2.45, 2.75) is 25.8 Å².